The van der Waals surface area contributed by atoms with Gasteiger partial charge in [0.15, 0.2) is 5.15 Å². The van der Waals surface area contributed by atoms with Gasteiger partial charge in [-0.2, -0.15) is 0 Å². The minimum atomic E-state index is 0.539. The van der Waals surface area contributed by atoms with E-state index in [0.29, 0.717) is 16.7 Å². The number of hydrogen-bond donors (Lipinski definition) is 2. The molecular weight excluding hydrogens is 361 g/mol. The summed E-state index contributed by atoms with van der Waals surface area (Å²) in [7, 11) is 0. The molecule has 1 heterocycles. The predicted molar refractivity (Wildman–Crippen MR) is 88.7 cm³/mol. The summed E-state index contributed by atoms with van der Waals surface area (Å²) in [5, 5.41) is 4.53. The van der Waals surface area contributed by atoms with Gasteiger partial charge >= 0.3 is 0 Å². The van der Waals surface area contributed by atoms with Gasteiger partial charge in [-0.25, -0.2) is 4.98 Å². The molecule has 0 aliphatic carbocycles. The maximum atomic E-state index is 6.13. The van der Waals surface area contributed by atoms with Gasteiger partial charge in [-0.15, -0.1) is 0 Å². The van der Waals surface area contributed by atoms with Crippen LogP contribution in [0.25, 0.3) is 0 Å². The SMILES string of the molecule is CCCCc1nc(Cl)c(CNc2ccc(Cl)c(Br)c2)[nH]1. The summed E-state index contributed by atoms with van der Waals surface area (Å²) in [6.45, 7) is 2.76. The van der Waals surface area contributed by atoms with Gasteiger partial charge in [0.25, 0.3) is 0 Å². The fraction of sp³-hybridized carbons (Fsp3) is 0.357. The predicted octanol–water partition coefficient (Wildman–Crippen LogP) is 5.43. The molecule has 1 aromatic carbocycles. The number of H-pyrrole nitrogens is 1. The molecule has 2 rings (SSSR count). The molecule has 0 amide bonds. The van der Waals surface area contributed by atoms with Crippen LogP contribution >= 0.6 is 39.1 Å². The van der Waals surface area contributed by atoms with Crippen molar-refractivity contribution in [1.82, 2.24) is 9.97 Å². The summed E-state index contributed by atoms with van der Waals surface area (Å²) < 4.78 is 0.864. The van der Waals surface area contributed by atoms with Crippen LogP contribution in [0.5, 0.6) is 0 Å². The largest absolute Gasteiger partial charge is 0.379 e. The summed E-state index contributed by atoms with van der Waals surface area (Å²) in [5.74, 6) is 0.950. The molecule has 2 N–H and O–H groups in total. The first-order valence-corrected chi connectivity index (χ1v) is 8.07. The monoisotopic (exact) mass is 375 g/mol. The Hall–Kier alpha value is -0.710. The Kier molecular flexibility index (Phi) is 5.75. The maximum Gasteiger partial charge on any atom is 0.152 e. The average molecular weight is 377 g/mol. The van der Waals surface area contributed by atoms with Crippen LogP contribution in [0.15, 0.2) is 22.7 Å². The van der Waals surface area contributed by atoms with Crippen molar-refractivity contribution in [1.29, 1.82) is 0 Å². The molecule has 0 atom stereocenters. The van der Waals surface area contributed by atoms with Crippen molar-refractivity contribution < 1.29 is 0 Å². The molecule has 20 heavy (non-hydrogen) atoms. The quantitative estimate of drug-likeness (QED) is 0.705. The second kappa shape index (κ2) is 7.34. The number of unbranched alkanes of at least 4 members (excludes halogenated alkanes) is 1. The van der Waals surface area contributed by atoms with Crippen LogP contribution in [0.2, 0.25) is 10.2 Å². The minimum Gasteiger partial charge on any atom is -0.379 e. The number of nitrogens with one attached hydrogen (secondary N) is 2. The number of aromatic amines is 1. The van der Waals surface area contributed by atoms with Crippen molar-refractivity contribution in [2.75, 3.05) is 5.32 Å². The molecule has 0 aliphatic heterocycles. The summed E-state index contributed by atoms with van der Waals surface area (Å²) in [5.41, 5.74) is 1.88. The molecule has 0 fully saturated rings. The normalized spacial score (nSPS) is 10.8. The van der Waals surface area contributed by atoms with Crippen LogP contribution in [0.1, 0.15) is 31.3 Å². The number of hydrogen-bond acceptors (Lipinski definition) is 2. The lowest BCUT2D eigenvalue weighted by atomic mass is 10.2. The zero-order valence-electron chi connectivity index (χ0n) is 11.1. The Morgan fingerprint density at radius 3 is 2.85 bits per heavy atom. The topological polar surface area (TPSA) is 40.7 Å². The molecule has 6 heteroatoms. The van der Waals surface area contributed by atoms with E-state index in [-0.39, 0.29) is 0 Å². The molecule has 108 valence electrons. The zero-order valence-corrected chi connectivity index (χ0v) is 14.2. The molecule has 3 nitrogen and oxygen atoms in total. The van der Waals surface area contributed by atoms with Crippen molar-refractivity contribution in [3.8, 4) is 0 Å². The van der Waals surface area contributed by atoms with Crippen LogP contribution < -0.4 is 5.32 Å². The number of nitrogens with zero attached hydrogens (tertiary/aromatic N) is 1. The standard InChI is InChI=1S/C14H16BrCl2N3/c1-2-3-4-13-19-12(14(17)20-13)8-18-9-5-6-11(16)10(15)7-9/h5-7,18H,2-4,8H2,1H3,(H,19,20). The van der Waals surface area contributed by atoms with Gasteiger partial charge in [-0.3, -0.25) is 0 Å². The third-order valence-corrected chi connectivity index (χ3v) is 4.46. The van der Waals surface area contributed by atoms with Gasteiger partial charge in [-0.05, 0) is 40.5 Å². The van der Waals surface area contributed by atoms with Gasteiger partial charge in [-0.1, -0.05) is 36.5 Å². The number of aromatic nitrogens is 2. The Labute approximate surface area is 137 Å². The lowest BCUT2D eigenvalue weighted by Gasteiger charge is -2.06. The maximum absolute atomic E-state index is 6.13. The van der Waals surface area contributed by atoms with Crippen LogP contribution in [0.4, 0.5) is 5.69 Å². The van der Waals surface area contributed by atoms with Crippen molar-refractivity contribution in [3.63, 3.8) is 0 Å². The molecule has 0 aliphatic rings. The van der Waals surface area contributed by atoms with Crippen LogP contribution in [-0.2, 0) is 13.0 Å². The van der Waals surface area contributed by atoms with Gasteiger partial charge in [0.2, 0.25) is 0 Å². The van der Waals surface area contributed by atoms with Crippen LogP contribution in [-0.4, -0.2) is 9.97 Å². The molecule has 0 radical (unpaired) electrons. The van der Waals surface area contributed by atoms with Gasteiger partial charge in [0, 0.05) is 16.6 Å². The van der Waals surface area contributed by atoms with Crippen molar-refractivity contribution in [2.45, 2.75) is 32.7 Å². The van der Waals surface area contributed by atoms with Gasteiger partial charge < -0.3 is 10.3 Å². The Morgan fingerprint density at radius 2 is 2.15 bits per heavy atom. The number of aryl methyl sites for hydroxylation is 1. The lowest BCUT2D eigenvalue weighted by molar-refractivity contribution is 0.760. The van der Waals surface area contributed by atoms with Crippen molar-refractivity contribution in [3.05, 3.63) is 44.4 Å². The van der Waals surface area contributed by atoms with Gasteiger partial charge in [0.05, 0.1) is 17.3 Å². The molecule has 1 aromatic heterocycles. The highest BCUT2D eigenvalue weighted by molar-refractivity contribution is 9.10. The summed E-state index contributed by atoms with van der Waals surface area (Å²) >= 11 is 15.5. The fourth-order valence-corrected chi connectivity index (χ4v) is 2.53. The van der Waals surface area contributed by atoms with Gasteiger partial charge in [0.1, 0.15) is 5.82 Å². The number of anilines is 1. The minimum absolute atomic E-state index is 0.539. The second-order valence-corrected chi connectivity index (χ2v) is 6.16. The van der Waals surface area contributed by atoms with Crippen molar-refractivity contribution >= 4 is 44.8 Å². The first-order valence-electron chi connectivity index (χ1n) is 6.52. The van der Waals surface area contributed by atoms with E-state index in [1.165, 1.54) is 0 Å². The summed E-state index contributed by atoms with van der Waals surface area (Å²) in [4.78, 5) is 7.60. The molecule has 0 spiro atoms. The molecular formula is C14H16BrCl2N3. The van der Waals surface area contributed by atoms with Crippen molar-refractivity contribution in [2.24, 2.45) is 0 Å². The third kappa shape index (κ3) is 4.14. The van der Waals surface area contributed by atoms with Crippen LogP contribution in [0, 0.1) is 0 Å². The molecule has 0 saturated heterocycles. The van der Waals surface area contributed by atoms with E-state index in [2.05, 4.69) is 38.1 Å². The summed E-state index contributed by atoms with van der Waals surface area (Å²) in [6, 6.07) is 5.70. The first-order chi connectivity index (χ1) is 9.60. The highest BCUT2D eigenvalue weighted by atomic mass is 79.9. The number of rotatable bonds is 6. The highest BCUT2D eigenvalue weighted by Crippen LogP contribution is 2.26. The highest BCUT2D eigenvalue weighted by Gasteiger charge is 2.08. The molecule has 0 unspecified atom stereocenters. The van der Waals surface area contributed by atoms with E-state index < -0.39 is 0 Å². The first kappa shape index (κ1) is 15.7. The second-order valence-electron chi connectivity index (χ2n) is 4.54. The van der Waals surface area contributed by atoms with Crippen LogP contribution in [0.3, 0.4) is 0 Å². The number of halogens is 3. The Balaban J connectivity index is 1.99. The van der Waals surface area contributed by atoms with E-state index in [9.17, 15) is 0 Å². The molecule has 2 aromatic rings. The molecule has 0 bridgehead atoms. The Bertz CT molecular complexity index is 584. The smallest absolute Gasteiger partial charge is 0.152 e. The third-order valence-electron chi connectivity index (χ3n) is 2.93. The van der Waals surface area contributed by atoms with E-state index >= 15 is 0 Å². The number of imidazole rings is 1. The van der Waals surface area contributed by atoms with E-state index in [1.54, 1.807) is 0 Å². The average Bonchev–Trinajstić information content (AvgIpc) is 2.78. The van der Waals surface area contributed by atoms with E-state index in [0.717, 1.165) is 40.9 Å². The fourth-order valence-electron chi connectivity index (χ4n) is 1.82. The van der Waals surface area contributed by atoms with E-state index in [1.807, 2.05) is 18.2 Å². The van der Waals surface area contributed by atoms with E-state index in [4.69, 9.17) is 23.2 Å². The Morgan fingerprint density at radius 1 is 1.35 bits per heavy atom. The summed E-state index contributed by atoms with van der Waals surface area (Å²) in [6.07, 6.45) is 3.19. The lowest BCUT2D eigenvalue weighted by Crippen LogP contribution is -2.00. The zero-order chi connectivity index (χ0) is 14.5. The molecule has 0 saturated carbocycles. The number of benzene rings is 1.